The lowest BCUT2D eigenvalue weighted by Crippen LogP contribution is -2.34. The van der Waals surface area contributed by atoms with Crippen molar-refractivity contribution in [1.29, 1.82) is 0 Å². The number of alkyl halides is 6. The zero-order valence-electron chi connectivity index (χ0n) is 14.6. The van der Waals surface area contributed by atoms with Crippen LogP contribution in [0.15, 0.2) is 4.42 Å². The van der Waals surface area contributed by atoms with Gasteiger partial charge in [0.05, 0.1) is 24.2 Å². The quantitative estimate of drug-likeness (QED) is 0.698. The molecule has 1 saturated carbocycles. The predicted octanol–water partition coefficient (Wildman–Crippen LogP) is 2.46. The summed E-state index contributed by atoms with van der Waals surface area (Å²) in [5, 5.41) is 15.1. The first-order valence-electron chi connectivity index (χ1n) is 8.62. The summed E-state index contributed by atoms with van der Waals surface area (Å²) in [5.41, 5.74) is 5.91. The molecule has 0 spiro atoms. The molecule has 4 unspecified atom stereocenters. The summed E-state index contributed by atoms with van der Waals surface area (Å²) < 4.78 is 83.3. The molecule has 29 heavy (non-hydrogen) atoms. The fraction of sp³-hybridized carbons (Fsp3) is 0.800. The zero-order valence-corrected chi connectivity index (χ0v) is 14.6. The number of hydrogen-bond acceptors (Lipinski definition) is 7. The number of aliphatic carboxylic acids is 1. The van der Waals surface area contributed by atoms with Crippen molar-refractivity contribution in [3.05, 3.63) is 11.8 Å². The average Bonchev–Trinajstić information content (AvgIpc) is 3.23. The molecule has 164 valence electrons. The summed E-state index contributed by atoms with van der Waals surface area (Å²) in [6, 6.07) is 0.0653. The van der Waals surface area contributed by atoms with Crippen molar-refractivity contribution in [2.75, 3.05) is 0 Å². The molecular weight excluding hydrogens is 416 g/mol. The van der Waals surface area contributed by atoms with Crippen LogP contribution in [0.5, 0.6) is 0 Å². The molecule has 0 amide bonds. The number of aromatic nitrogens is 2. The van der Waals surface area contributed by atoms with E-state index in [1.54, 1.807) is 0 Å². The first-order valence-corrected chi connectivity index (χ1v) is 8.62. The summed E-state index contributed by atoms with van der Waals surface area (Å²) >= 11 is 0. The van der Waals surface area contributed by atoms with Gasteiger partial charge in [-0.1, -0.05) is 0 Å². The SMILES string of the molecule is NC1CC2OC1CC2c1nnc([C@H]2C[C@@H](OC(F)(F)F)C2)o1.O=C(O)C(F)(F)F. The molecule has 1 aliphatic carbocycles. The van der Waals surface area contributed by atoms with Crippen LogP contribution in [0.1, 0.15) is 49.3 Å². The van der Waals surface area contributed by atoms with Gasteiger partial charge in [-0.15, -0.1) is 23.4 Å². The van der Waals surface area contributed by atoms with E-state index in [0.29, 0.717) is 11.8 Å². The van der Waals surface area contributed by atoms with E-state index in [2.05, 4.69) is 14.9 Å². The van der Waals surface area contributed by atoms with Crippen molar-refractivity contribution in [1.82, 2.24) is 10.2 Å². The van der Waals surface area contributed by atoms with Crippen LogP contribution < -0.4 is 5.73 Å². The predicted molar refractivity (Wildman–Crippen MR) is 79.5 cm³/mol. The van der Waals surface area contributed by atoms with Gasteiger partial charge >= 0.3 is 18.5 Å². The van der Waals surface area contributed by atoms with Crippen LogP contribution in [0.2, 0.25) is 0 Å². The van der Waals surface area contributed by atoms with Crippen LogP contribution in [0.25, 0.3) is 0 Å². The molecule has 2 saturated heterocycles. The summed E-state index contributed by atoms with van der Waals surface area (Å²) in [4.78, 5) is 8.90. The average molecular weight is 433 g/mol. The van der Waals surface area contributed by atoms with E-state index in [-0.39, 0.29) is 42.9 Å². The highest BCUT2D eigenvalue weighted by molar-refractivity contribution is 5.73. The minimum atomic E-state index is -5.08. The van der Waals surface area contributed by atoms with Gasteiger partial charge in [-0.05, 0) is 25.7 Å². The molecule has 4 atom stereocenters. The summed E-state index contributed by atoms with van der Waals surface area (Å²) in [5.74, 6) is -1.96. The van der Waals surface area contributed by atoms with E-state index < -0.39 is 24.6 Å². The maximum absolute atomic E-state index is 12.1. The number of carboxylic acid groups (broad SMARTS) is 1. The Balaban J connectivity index is 0.000000298. The molecule has 3 N–H and O–H groups in total. The molecule has 14 heteroatoms. The fourth-order valence-electron chi connectivity index (χ4n) is 3.57. The number of nitrogens with two attached hydrogens (primary N) is 1. The number of carboxylic acids is 1. The Morgan fingerprint density at radius 3 is 2.07 bits per heavy atom. The lowest BCUT2D eigenvalue weighted by molar-refractivity contribution is -0.352. The summed E-state index contributed by atoms with van der Waals surface area (Å²) in [6.45, 7) is 0. The second-order valence-corrected chi connectivity index (χ2v) is 7.09. The monoisotopic (exact) mass is 433 g/mol. The Kier molecular flexibility index (Phi) is 5.80. The molecule has 2 bridgehead atoms. The standard InChI is InChI=1S/C13H16F3N3O3.C2HF3O2/c14-13(15,16)22-6-1-5(2-6)11-18-19-12(21-11)7-3-10-8(17)4-9(7)20-10;3-2(4,5)1(6)7/h5-10H,1-4,17H2;(H,6,7)/t5-,6+,7?,8?,9?,10?;. The van der Waals surface area contributed by atoms with Gasteiger partial charge in [0.2, 0.25) is 11.8 Å². The zero-order chi connectivity index (χ0) is 21.6. The van der Waals surface area contributed by atoms with Gasteiger partial charge < -0.3 is 20.0 Å². The van der Waals surface area contributed by atoms with Crippen LogP contribution in [0, 0.1) is 0 Å². The third kappa shape index (κ3) is 5.17. The third-order valence-corrected chi connectivity index (χ3v) is 5.03. The van der Waals surface area contributed by atoms with Gasteiger partial charge in [0.25, 0.3) is 0 Å². The van der Waals surface area contributed by atoms with Gasteiger partial charge in [-0.2, -0.15) is 13.2 Å². The highest BCUT2D eigenvalue weighted by Gasteiger charge is 2.49. The molecule has 3 fully saturated rings. The number of ether oxygens (including phenoxy) is 2. The number of nitrogens with zero attached hydrogens (tertiary/aromatic N) is 2. The van der Waals surface area contributed by atoms with Gasteiger partial charge in [0, 0.05) is 12.0 Å². The molecule has 8 nitrogen and oxygen atoms in total. The Labute approximate surface area is 159 Å². The number of hydrogen-bond donors (Lipinski definition) is 2. The smallest absolute Gasteiger partial charge is 0.475 e. The van der Waals surface area contributed by atoms with Crippen LogP contribution in [-0.4, -0.2) is 58.2 Å². The van der Waals surface area contributed by atoms with Crippen LogP contribution in [0.4, 0.5) is 26.3 Å². The van der Waals surface area contributed by atoms with Gasteiger partial charge in [0.15, 0.2) is 0 Å². The Hall–Kier alpha value is -1.93. The normalized spacial score (nSPS) is 33.8. The van der Waals surface area contributed by atoms with Gasteiger partial charge in [-0.3, -0.25) is 4.74 Å². The van der Waals surface area contributed by atoms with Crippen molar-refractivity contribution >= 4 is 5.97 Å². The molecule has 3 heterocycles. The van der Waals surface area contributed by atoms with Crippen molar-refractivity contribution < 1.29 is 50.1 Å². The number of rotatable bonds is 3. The Bertz CT molecular complexity index is 731. The second kappa shape index (κ2) is 7.72. The van der Waals surface area contributed by atoms with E-state index in [9.17, 15) is 26.3 Å². The first-order chi connectivity index (χ1) is 13.3. The van der Waals surface area contributed by atoms with E-state index >= 15 is 0 Å². The van der Waals surface area contributed by atoms with Crippen LogP contribution in [0.3, 0.4) is 0 Å². The number of carbonyl (C=O) groups is 1. The van der Waals surface area contributed by atoms with E-state index in [4.69, 9.17) is 24.8 Å². The highest BCUT2D eigenvalue weighted by Crippen LogP contribution is 2.45. The molecule has 1 aromatic heterocycles. The van der Waals surface area contributed by atoms with Crippen molar-refractivity contribution in [3.63, 3.8) is 0 Å². The minimum absolute atomic E-state index is 0.0102. The second-order valence-electron chi connectivity index (χ2n) is 7.09. The largest absolute Gasteiger partial charge is 0.522 e. The highest BCUT2D eigenvalue weighted by atomic mass is 19.4. The molecule has 1 aromatic rings. The number of halogens is 6. The summed E-state index contributed by atoms with van der Waals surface area (Å²) in [6.07, 6.45) is -8.40. The minimum Gasteiger partial charge on any atom is -0.475 e. The molecule has 0 radical (unpaired) electrons. The van der Waals surface area contributed by atoms with Gasteiger partial charge in [0.1, 0.15) is 0 Å². The Morgan fingerprint density at radius 2 is 1.62 bits per heavy atom. The molecule has 2 aliphatic heterocycles. The molecule has 4 rings (SSSR count). The van der Waals surface area contributed by atoms with Crippen molar-refractivity contribution in [3.8, 4) is 0 Å². The topological polar surface area (TPSA) is 121 Å². The van der Waals surface area contributed by atoms with Crippen LogP contribution >= 0.6 is 0 Å². The number of fused-ring (bicyclic) bond motifs is 2. The van der Waals surface area contributed by atoms with Crippen LogP contribution in [-0.2, 0) is 14.3 Å². The van der Waals surface area contributed by atoms with Crippen molar-refractivity contribution in [2.24, 2.45) is 5.73 Å². The van der Waals surface area contributed by atoms with E-state index in [1.165, 1.54) is 0 Å². The summed E-state index contributed by atoms with van der Waals surface area (Å²) in [7, 11) is 0. The lowest BCUT2D eigenvalue weighted by Gasteiger charge is -2.32. The third-order valence-electron chi connectivity index (χ3n) is 5.03. The Morgan fingerprint density at radius 1 is 1.03 bits per heavy atom. The lowest BCUT2D eigenvalue weighted by atomic mass is 9.82. The molecule has 0 aromatic carbocycles. The maximum Gasteiger partial charge on any atom is 0.522 e. The van der Waals surface area contributed by atoms with Gasteiger partial charge in [-0.25, -0.2) is 4.79 Å². The first kappa shape index (κ1) is 21.8. The van der Waals surface area contributed by atoms with Crippen molar-refractivity contribution in [2.45, 2.75) is 74.4 Å². The molecule has 3 aliphatic rings. The van der Waals surface area contributed by atoms with E-state index in [1.807, 2.05) is 0 Å². The maximum atomic E-state index is 12.1. The van der Waals surface area contributed by atoms with E-state index in [0.717, 1.165) is 12.8 Å². The fourth-order valence-corrected chi connectivity index (χ4v) is 3.57. The molecular formula is C15H17F6N3O5.